The molecule has 0 saturated carbocycles. The van der Waals surface area contributed by atoms with Crippen molar-refractivity contribution in [2.75, 3.05) is 39.3 Å². The second-order valence-corrected chi connectivity index (χ2v) is 6.53. The molecule has 1 amide bonds. The average molecular weight is 267 g/mol. The van der Waals surface area contributed by atoms with Crippen LogP contribution in [-0.4, -0.2) is 72.0 Å². The van der Waals surface area contributed by atoms with Gasteiger partial charge >= 0.3 is 0 Å². The molecule has 1 atom stereocenters. The maximum Gasteiger partial charge on any atom is 0.227 e. The molecule has 2 heterocycles. The SMILES string of the molecule is CC(C)N1CCN(C(=O)C2CCN(C(C)C)C2)CC1. The topological polar surface area (TPSA) is 26.8 Å². The third kappa shape index (κ3) is 3.48. The second-order valence-electron chi connectivity index (χ2n) is 6.53. The summed E-state index contributed by atoms with van der Waals surface area (Å²) in [4.78, 5) is 19.5. The van der Waals surface area contributed by atoms with E-state index in [0.29, 0.717) is 18.0 Å². The number of piperazine rings is 1. The lowest BCUT2D eigenvalue weighted by molar-refractivity contribution is -0.137. The minimum Gasteiger partial charge on any atom is -0.340 e. The number of carbonyl (C=O) groups is 1. The largest absolute Gasteiger partial charge is 0.340 e. The number of carbonyl (C=O) groups excluding carboxylic acids is 1. The quantitative estimate of drug-likeness (QED) is 0.770. The Morgan fingerprint density at radius 2 is 1.47 bits per heavy atom. The van der Waals surface area contributed by atoms with Crippen LogP contribution in [0, 0.1) is 5.92 Å². The number of hydrogen-bond donors (Lipinski definition) is 0. The molecule has 0 aromatic carbocycles. The van der Waals surface area contributed by atoms with Gasteiger partial charge in [0.15, 0.2) is 0 Å². The number of rotatable bonds is 3. The number of hydrogen-bond acceptors (Lipinski definition) is 3. The fourth-order valence-corrected chi connectivity index (χ4v) is 3.17. The summed E-state index contributed by atoms with van der Waals surface area (Å²) in [6.45, 7) is 14.8. The van der Waals surface area contributed by atoms with Crippen LogP contribution in [0.1, 0.15) is 34.1 Å². The minimum absolute atomic E-state index is 0.244. The van der Waals surface area contributed by atoms with E-state index in [1.165, 1.54) is 0 Å². The van der Waals surface area contributed by atoms with Crippen molar-refractivity contribution in [1.82, 2.24) is 14.7 Å². The average Bonchev–Trinajstić information content (AvgIpc) is 2.87. The van der Waals surface area contributed by atoms with E-state index in [1.807, 2.05) is 0 Å². The van der Waals surface area contributed by atoms with Gasteiger partial charge in [-0.15, -0.1) is 0 Å². The highest BCUT2D eigenvalue weighted by atomic mass is 16.2. The molecule has 2 aliphatic heterocycles. The Labute approximate surface area is 117 Å². The lowest BCUT2D eigenvalue weighted by Crippen LogP contribution is -2.52. The molecule has 0 spiro atoms. The summed E-state index contributed by atoms with van der Waals surface area (Å²) in [6.07, 6.45) is 1.04. The van der Waals surface area contributed by atoms with E-state index in [2.05, 4.69) is 42.4 Å². The zero-order valence-corrected chi connectivity index (χ0v) is 12.9. The predicted octanol–water partition coefficient (Wildman–Crippen LogP) is 1.27. The van der Waals surface area contributed by atoms with E-state index in [4.69, 9.17) is 0 Å². The Balaban J connectivity index is 1.82. The molecule has 2 fully saturated rings. The van der Waals surface area contributed by atoms with Crippen molar-refractivity contribution in [2.24, 2.45) is 5.92 Å². The number of nitrogens with zero attached hydrogens (tertiary/aromatic N) is 3. The Hall–Kier alpha value is -0.610. The van der Waals surface area contributed by atoms with E-state index in [9.17, 15) is 4.79 Å². The van der Waals surface area contributed by atoms with Crippen LogP contribution in [0.25, 0.3) is 0 Å². The molecule has 0 N–H and O–H groups in total. The molecule has 1 unspecified atom stereocenters. The van der Waals surface area contributed by atoms with Crippen LogP contribution in [0.15, 0.2) is 0 Å². The standard InChI is InChI=1S/C15H29N3O/c1-12(2)16-7-9-17(10-8-16)15(19)14-5-6-18(11-14)13(3)4/h12-14H,5-11H2,1-4H3. The molecule has 19 heavy (non-hydrogen) atoms. The molecule has 2 rings (SSSR count). The van der Waals surface area contributed by atoms with Gasteiger partial charge in [-0.3, -0.25) is 9.69 Å². The highest BCUT2D eigenvalue weighted by Gasteiger charge is 2.33. The van der Waals surface area contributed by atoms with Gasteiger partial charge in [-0.1, -0.05) is 0 Å². The molecule has 0 radical (unpaired) electrons. The van der Waals surface area contributed by atoms with Crippen LogP contribution in [-0.2, 0) is 4.79 Å². The molecule has 4 nitrogen and oxygen atoms in total. The third-order valence-electron chi connectivity index (χ3n) is 4.66. The van der Waals surface area contributed by atoms with Gasteiger partial charge in [0.05, 0.1) is 5.92 Å². The van der Waals surface area contributed by atoms with Gasteiger partial charge in [-0.25, -0.2) is 0 Å². The van der Waals surface area contributed by atoms with E-state index in [-0.39, 0.29) is 5.92 Å². The first kappa shape index (κ1) is 14.8. The van der Waals surface area contributed by atoms with E-state index >= 15 is 0 Å². The van der Waals surface area contributed by atoms with Gasteiger partial charge in [0.2, 0.25) is 5.91 Å². The minimum atomic E-state index is 0.244. The van der Waals surface area contributed by atoms with Crippen LogP contribution < -0.4 is 0 Å². The molecule has 4 heteroatoms. The van der Waals surface area contributed by atoms with Crippen molar-refractivity contribution in [3.05, 3.63) is 0 Å². The molecular weight excluding hydrogens is 238 g/mol. The highest BCUT2D eigenvalue weighted by Crippen LogP contribution is 2.21. The van der Waals surface area contributed by atoms with Crippen molar-refractivity contribution < 1.29 is 4.79 Å². The molecule has 0 aromatic rings. The maximum absolute atomic E-state index is 12.5. The van der Waals surface area contributed by atoms with Crippen molar-refractivity contribution in [3.8, 4) is 0 Å². The van der Waals surface area contributed by atoms with Crippen LogP contribution in [0.2, 0.25) is 0 Å². The summed E-state index contributed by atoms with van der Waals surface area (Å²) in [6, 6.07) is 1.16. The summed E-state index contributed by atoms with van der Waals surface area (Å²) in [5, 5.41) is 0. The lowest BCUT2D eigenvalue weighted by atomic mass is 10.1. The molecular formula is C15H29N3O. The van der Waals surface area contributed by atoms with Gasteiger partial charge in [0.1, 0.15) is 0 Å². The Kier molecular flexibility index (Phi) is 4.85. The Morgan fingerprint density at radius 1 is 0.895 bits per heavy atom. The summed E-state index contributed by atoms with van der Waals surface area (Å²) in [7, 11) is 0. The fourth-order valence-electron chi connectivity index (χ4n) is 3.17. The Morgan fingerprint density at radius 3 is 1.95 bits per heavy atom. The number of likely N-dealkylation sites (tertiary alicyclic amines) is 1. The van der Waals surface area contributed by atoms with Gasteiger partial charge < -0.3 is 9.80 Å². The predicted molar refractivity (Wildman–Crippen MR) is 78.1 cm³/mol. The van der Waals surface area contributed by atoms with E-state index in [0.717, 1.165) is 45.7 Å². The van der Waals surface area contributed by atoms with Crippen molar-refractivity contribution >= 4 is 5.91 Å². The fraction of sp³-hybridized carbons (Fsp3) is 0.933. The summed E-state index contributed by atoms with van der Waals surface area (Å²) < 4.78 is 0. The lowest BCUT2D eigenvalue weighted by Gasteiger charge is -2.38. The van der Waals surface area contributed by atoms with Crippen LogP contribution in [0.5, 0.6) is 0 Å². The van der Waals surface area contributed by atoms with Crippen LogP contribution >= 0.6 is 0 Å². The van der Waals surface area contributed by atoms with Crippen LogP contribution in [0.3, 0.4) is 0 Å². The highest BCUT2D eigenvalue weighted by molar-refractivity contribution is 5.79. The normalized spacial score (nSPS) is 26.6. The van der Waals surface area contributed by atoms with Gasteiger partial charge in [0, 0.05) is 44.8 Å². The monoisotopic (exact) mass is 267 g/mol. The second kappa shape index (κ2) is 6.23. The molecule has 2 aliphatic rings. The van der Waals surface area contributed by atoms with E-state index in [1.54, 1.807) is 0 Å². The first-order valence-electron chi connectivity index (χ1n) is 7.76. The molecule has 0 aliphatic carbocycles. The first-order valence-corrected chi connectivity index (χ1v) is 7.76. The number of amides is 1. The van der Waals surface area contributed by atoms with Crippen molar-refractivity contribution in [3.63, 3.8) is 0 Å². The molecule has 0 bridgehead atoms. The van der Waals surface area contributed by atoms with Gasteiger partial charge in [-0.05, 0) is 40.7 Å². The molecule has 2 saturated heterocycles. The zero-order chi connectivity index (χ0) is 14.0. The molecule has 110 valence electrons. The van der Waals surface area contributed by atoms with Crippen molar-refractivity contribution in [1.29, 1.82) is 0 Å². The first-order chi connectivity index (χ1) is 8.99. The molecule has 0 aromatic heterocycles. The zero-order valence-electron chi connectivity index (χ0n) is 12.9. The maximum atomic E-state index is 12.5. The van der Waals surface area contributed by atoms with E-state index < -0.39 is 0 Å². The smallest absolute Gasteiger partial charge is 0.227 e. The van der Waals surface area contributed by atoms with Gasteiger partial charge in [-0.2, -0.15) is 0 Å². The Bertz CT molecular complexity index is 309. The third-order valence-corrected chi connectivity index (χ3v) is 4.66. The summed E-state index contributed by atoms with van der Waals surface area (Å²) in [5.74, 6) is 0.638. The summed E-state index contributed by atoms with van der Waals surface area (Å²) >= 11 is 0. The van der Waals surface area contributed by atoms with Gasteiger partial charge in [0.25, 0.3) is 0 Å². The summed E-state index contributed by atoms with van der Waals surface area (Å²) in [5.41, 5.74) is 0. The van der Waals surface area contributed by atoms with Crippen molar-refractivity contribution in [2.45, 2.75) is 46.2 Å². The van der Waals surface area contributed by atoms with Crippen LogP contribution in [0.4, 0.5) is 0 Å².